The number of aliphatic hydroxyl groups is 1. The van der Waals surface area contributed by atoms with Crippen LogP contribution in [-0.4, -0.2) is 34.3 Å². The summed E-state index contributed by atoms with van der Waals surface area (Å²) in [6.07, 6.45) is -0.131. The van der Waals surface area contributed by atoms with Crippen LogP contribution in [0.15, 0.2) is 59.7 Å². The molecule has 6 heteroatoms. The fourth-order valence-corrected chi connectivity index (χ4v) is 2.84. The summed E-state index contributed by atoms with van der Waals surface area (Å²) in [5.74, 6) is -1.13. The molecular formula is C20H20N2O4. The van der Waals surface area contributed by atoms with E-state index in [0.29, 0.717) is 11.1 Å². The maximum absolute atomic E-state index is 12.9. The second kappa shape index (κ2) is 7.09. The Bertz CT molecular complexity index is 846. The molecule has 0 aliphatic carbocycles. The van der Waals surface area contributed by atoms with Crippen LogP contribution in [0.2, 0.25) is 0 Å². The first-order chi connectivity index (χ1) is 12.5. The fourth-order valence-electron chi connectivity index (χ4n) is 2.84. The van der Waals surface area contributed by atoms with Crippen LogP contribution >= 0.6 is 0 Å². The van der Waals surface area contributed by atoms with Crippen molar-refractivity contribution >= 4 is 17.6 Å². The molecule has 0 bridgehead atoms. The molecule has 1 N–H and O–H groups in total. The number of benzene rings is 2. The number of carbonyl (C=O) groups is 2. The number of carbonyl (C=O) groups excluding carboxylic acids is 2. The standard InChI is InChI=1S/C20H20N2O4/c1-3-26-19(24)17-13-20(25,16-11-9-14(2)10-12-16)22(21-17)18(23)15-7-5-4-6-8-15/h4-12,25H,3,13H2,1-2H3/t20-/m1/s1. The molecular weight excluding hydrogens is 332 g/mol. The third-order valence-electron chi connectivity index (χ3n) is 4.22. The quantitative estimate of drug-likeness (QED) is 0.858. The van der Waals surface area contributed by atoms with Crippen LogP contribution in [0.25, 0.3) is 0 Å². The van der Waals surface area contributed by atoms with E-state index in [1.807, 2.05) is 19.1 Å². The van der Waals surface area contributed by atoms with Gasteiger partial charge < -0.3 is 9.84 Å². The number of rotatable bonds is 4. The van der Waals surface area contributed by atoms with Gasteiger partial charge in [-0.05, 0) is 26.0 Å². The average molecular weight is 352 g/mol. The predicted molar refractivity (Wildman–Crippen MR) is 96.4 cm³/mol. The van der Waals surface area contributed by atoms with E-state index in [1.54, 1.807) is 49.4 Å². The van der Waals surface area contributed by atoms with Crippen molar-refractivity contribution in [3.63, 3.8) is 0 Å². The Morgan fingerprint density at radius 3 is 2.42 bits per heavy atom. The van der Waals surface area contributed by atoms with Gasteiger partial charge in [0.05, 0.1) is 13.0 Å². The van der Waals surface area contributed by atoms with Gasteiger partial charge >= 0.3 is 5.97 Å². The normalized spacial score (nSPS) is 19.2. The summed E-state index contributed by atoms with van der Waals surface area (Å²) < 4.78 is 4.99. The monoisotopic (exact) mass is 352 g/mol. The Morgan fingerprint density at radius 1 is 1.15 bits per heavy atom. The number of ether oxygens (including phenoxy) is 1. The molecule has 0 spiro atoms. The topological polar surface area (TPSA) is 79.2 Å². The minimum absolute atomic E-state index is 0.0132. The second-order valence-corrected chi connectivity index (χ2v) is 6.11. The van der Waals surface area contributed by atoms with Crippen LogP contribution in [0.3, 0.4) is 0 Å². The minimum atomic E-state index is -1.75. The fraction of sp³-hybridized carbons (Fsp3) is 0.250. The highest BCUT2D eigenvalue weighted by molar-refractivity contribution is 6.37. The molecule has 1 amide bonds. The molecule has 1 aliphatic rings. The van der Waals surface area contributed by atoms with Crippen LogP contribution in [-0.2, 0) is 15.3 Å². The van der Waals surface area contributed by atoms with Gasteiger partial charge in [0.2, 0.25) is 0 Å². The number of hydrogen-bond donors (Lipinski definition) is 1. The Hall–Kier alpha value is -2.99. The molecule has 6 nitrogen and oxygen atoms in total. The Balaban J connectivity index is 2.03. The van der Waals surface area contributed by atoms with Gasteiger partial charge in [0.25, 0.3) is 5.91 Å². The van der Waals surface area contributed by atoms with Crippen molar-refractivity contribution in [1.29, 1.82) is 0 Å². The third kappa shape index (κ3) is 3.23. The highest BCUT2D eigenvalue weighted by Gasteiger charge is 2.48. The van der Waals surface area contributed by atoms with E-state index >= 15 is 0 Å². The predicted octanol–water partition coefficient (Wildman–Crippen LogP) is 2.61. The summed E-state index contributed by atoms with van der Waals surface area (Å²) in [7, 11) is 0. The third-order valence-corrected chi connectivity index (χ3v) is 4.22. The van der Waals surface area contributed by atoms with E-state index < -0.39 is 17.6 Å². The number of aryl methyl sites for hydroxylation is 1. The SMILES string of the molecule is CCOC(=O)C1=NN(C(=O)c2ccccc2)[C@](O)(c2ccc(C)cc2)C1. The number of amides is 1. The van der Waals surface area contributed by atoms with E-state index in [1.165, 1.54) is 0 Å². The van der Waals surface area contributed by atoms with Gasteiger partial charge in [-0.3, -0.25) is 4.79 Å². The smallest absolute Gasteiger partial charge is 0.354 e. The van der Waals surface area contributed by atoms with E-state index in [0.717, 1.165) is 10.6 Å². The lowest BCUT2D eigenvalue weighted by Gasteiger charge is -2.31. The molecule has 1 aliphatic heterocycles. The van der Waals surface area contributed by atoms with Crippen LogP contribution in [0, 0.1) is 6.92 Å². The van der Waals surface area contributed by atoms with Crippen molar-refractivity contribution in [2.45, 2.75) is 26.0 Å². The minimum Gasteiger partial charge on any atom is -0.461 e. The van der Waals surface area contributed by atoms with Gasteiger partial charge in [-0.25, -0.2) is 4.79 Å². The molecule has 0 unspecified atom stereocenters. The lowest BCUT2D eigenvalue weighted by Crippen LogP contribution is -2.43. The number of nitrogens with zero attached hydrogens (tertiary/aromatic N) is 2. The van der Waals surface area contributed by atoms with Crippen molar-refractivity contribution in [2.75, 3.05) is 6.61 Å². The molecule has 3 rings (SSSR count). The van der Waals surface area contributed by atoms with Crippen LogP contribution in [0.4, 0.5) is 0 Å². The molecule has 0 aromatic heterocycles. The highest BCUT2D eigenvalue weighted by atomic mass is 16.5. The molecule has 2 aromatic carbocycles. The molecule has 134 valence electrons. The summed E-state index contributed by atoms with van der Waals surface area (Å²) in [5, 5.41) is 16.4. The zero-order valence-electron chi connectivity index (χ0n) is 14.7. The lowest BCUT2D eigenvalue weighted by atomic mass is 9.96. The van der Waals surface area contributed by atoms with Gasteiger partial charge in [-0.2, -0.15) is 10.1 Å². The zero-order chi connectivity index (χ0) is 18.7. The molecule has 0 saturated heterocycles. The summed E-state index contributed by atoms with van der Waals surface area (Å²) in [6, 6.07) is 15.6. The van der Waals surface area contributed by atoms with E-state index in [4.69, 9.17) is 4.74 Å². The maximum atomic E-state index is 12.9. The average Bonchev–Trinajstić information content (AvgIpc) is 3.01. The summed E-state index contributed by atoms with van der Waals surface area (Å²) in [4.78, 5) is 25.1. The Kier molecular flexibility index (Phi) is 4.86. The van der Waals surface area contributed by atoms with Crippen molar-refractivity contribution < 1.29 is 19.4 Å². The summed E-state index contributed by atoms with van der Waals surface area (Å²) >= 11 is 0. The first kappa shape index (κ1) is 17.8. The van der Waals surface area contributed by atoms with Crippen molar-refractivity contribution in [3.05, 3.63) is 71.3 Å². The molecule has 0 radical (unpaired) electrons. The number of hydrazone groups is 1. The lowest BCUT2D eigenvalue weighted by molar-refractivity contribution is -0.135. The zero-order valence-corrected chi connectivity index (χ0v) is 14.7. The Labute approximate surface area is 151 Å². The van der Waals surface area contributed by atoms with Gasteiger partial charge in [0, 0.05) is 11.1 Å². The Morgan fingerprint density at radius 2 is 1.81 bits per heavy atom. The van der Waals surface area contributed by atoms with Crippen molar-refractivity contribution in [1.82, 2.24) is 5.01 Å². The van der Waals surface area contributed by atoms with Gasteiger partial charge in [0.1, 0.15) is 0 Å². The summed E-state index contributed by atoms with van der Waals surface area (Å²) in [6.45, 7) is 3.80. The first-order valence-electron chi connectivity index (χ1n) is 8.39. The van der Waals surface area contributed by atoms with Gasteiger partial charge in [-0.1, -0.05) is 48.0 Å². The van der Waals surface area contributed by atoms with Crippen LogP contribution in [0.1, 0.15) is 34.8 Å². The number of esters is 1. The molecule has 1 heterocycles. The van der Waals surface area contributed by atoms with Crippen molar-refractivity contribution in [2.24, 2.45) is 5.10 Å². The maximum Gasteiger partial charge on any atom is 0.354 e. The van der Waals surface area contributed by atoms with Crippen LogP contribution in [0.5, 0.6) is 0 Å². The van der Waals surface area contributed by atoms with E-state index in [2.05, 4.69) is 5.10 Å². The molecule has 2 aromatic rings. The van der Waals surface area contributed by atoms with E-state index in [-0.39, 0.29) is 18.7 Å². The molecule has 0 saturated carbocycles. The molecule has 26 heavy (non-hydrogen) atoms. The van der Waals surface area contributed by atoms with Crippen molar-refractivity contribution in [3.8, 4) is 0 Å². The van der Waals surface area contributed by atoms with E-state index in [9.17, 15) is 14.7 Å². The molecule has 1 atom stereocenters. The second-order valence-electron chi connectivity index (χ2n) is 6.11. The number of hydrogen-bond acceptors (Lipinski definition) is 5. The van der Waals surface area contributed by atoms with Crippen LogP contribution < -0.4 is 0 Å². The van der Waals surface area contributed by atoms with Gasteiger partial charge in [0.15, 0.2) is 11.4 Å². The largest absolute Gasteiger partial charge is 0.461 e. The first-order valence-corrected chi connectivity index (χ1v) is 8.39. The molecule has 0 fully saturated rings. The van der Waals surface area contributed by atoms with Gasteiger partial charge in [-0.15, -0.1) is 0 Å². The summed E-state index contributed by atoms with van der Waals surface area (Å²) in [5.41, 5.74) is 0.132. The highest BCUT2D eigenvalue weighted by Crippen LogP contribution is 2.36.